The van der Waals surface area contributed by atoms with Gasteiger partial charge in [0.1, 0.15) is 13.2 Å². The summed E-state index contributed by atoms with van der Waals surface area (Å²) in [6, 6.07) is 8.13. The fourth-order valence-corrected chi connectivity index (χ4v) is 2.14. The molecule has 1 aliphatic heterocycles. The zero-order chi connectivity index (χ0) is 16.9. The van der Waals surface area contributed by atoms with E-state index in [0.29, 0.717) is 36.0 Å². The van der Waals surface area contributed by atoms with Gasteiger partial charge in [-0.1, -0.05) is 0 Å². The second-order valence-electron chi connectivity index (χ2n) is 5.13. The van der Waals surface area contributed by atoms with Gasteiger partial charge in [0.2, 0.25) is 0 Å². The number of benzene rings is 1. The molecular formula is C17H16N2O5. The van der Waals surface area contributed by atoms with Crippen molar-refractivity contribution >= 4 is 17.6 Å². The molecule has 124 valence electrons. The minimum absolute atomic E-state index is 0.337. The highest BCUT2D eigenvalue weighted by Gasteiger charge is 2.20. The smallest absolute Gasteiger partial charge is 0.339 e. The van der Waals surface area contributed by atoms with E-state index in [0.717, 1.165) is 0 Å². The molecule has 0 aliphatic carbocycles. The van der Waals surface area contributed by atoms with Crippen molar-refractivity contribution in [3.63, 3.8) is 0 Å². The molecule has 1 aromatic heterocycles. The highest BCUT2D eigenvalue weighted by atomic mass is 16.6. The number of hydrogen-bond acceptors (Lipinski definition) is 6. The van der Waals surface area contributed by atoms with E-state index >= 15 is 0 Å². The summed E-state index contributed by atoms with van der Waals surface area (Å²) in [6.07, 6.45) is 2.02. The summed E-state index contributed by atoms with van der Waals surface area (Å²) in [5.74, 6) is 0.188. The van der Waals surface area contributed by atoms with Gasteiger partial charge in [-0.2, -0.15) is 0 Å². The first-order chi connectivity index (χ1) is 11.6. The van der Waals surface area contributed by atoms with E-state index in [9.17, 15) is 9.59 Å². The van der Waals surface area contributed by atoms with E-state index in [2.05, 4.69) is 10.3 Å². The largest absolute Gasteiger partial charge is 0.486 e. The Morgan fingerprint density at radius 1 is 1.12 bits per heavy atom. The first-order valence-electron chi connectivity index (χ1n) is 7.45. The molecule has 7 heteroatoms. The Balaban J connectivity index is 1.61. The zero-order valence-electron chi connectivity index (χ0n) is 13.0. The van der Waals surface area contributed by atoms with E-state index in [1.165, 1.54) is 31.5 Å². The summed E-state index contributed by atoms with van der Waals surface area (Å²) in [7, 11) is 0. The number of fused-ring (bicyclic) bond motifs is 1. The Morgan fingerprint density at radius 2 is 1.83 bits per heavy atom. The number of nitrogens with zero attached hydrogens (tertiary/aromatic N) is 1. The standard InChI is InChI=1S/C17H16N2O5/c1-11(24-17(21)12-4-6-18-7-5-12)16(20)19-13-2-3-14-15(10-13)23-9-8-22-14/h2-7,10-11H,8-9H2,1H3,(H,19,20)/t11-/m0/s1. The summed E-state index contributed by atoms with van der Waals surface area (Å²) in [5.41, 5.74) is 0.875. The number of amides is 1. The van der Waals surface area contributed by atoms with E-state index in [4.69, 9.17) is 14.2 Å². The zero-order valence-corrected chi connectivity index (χ0v) is 13.0. The molecule has 3 rings (SSSR count). The summed E-state index contributed by atoms with van der Waals surface area (Å²) in [6.45, 7) is 2.47. The van der Waals surface area contributed by atoms with Gasteiger partial charge in [-0.05, 0) is 31.2 Å². The Morgan fingerprint density at radius 3 is 2.58 bits per heavy atom. The third kappa shape index (κ3) is 3.62. The third-order valence-electron chi connectivity index (χ3n) is 3.38. The van der Waals surface area contributed by atoms with Crippen LogP contribution >= 0.6 is 0 Å². The molecule has 2 heterocycles. The van der Waals surface area contributed by atoms with Crippen LogP contribution in [0.25, 0.3) is 0 Å². The van der Waals surface area contributed by atoms with Gasteiger partial charge >= 0.3 is 5.97 Å². The van der Waals surface area contributed by atoms with Crippen molar-refractivity contribution in [2.24, 2.45) is 0 Å². The molecule has 0 spiro atoms. The Labute approximate surface area is 138 Å². The molecule has 1 aliphatic rings. The number of carbonyl (C=O) groups excluding carboxylic acids is 2. The monoisotopic (exact) mass is 328 g/mol. The van der Waals surface area contributed by atoms with E-state index < -0.39 is 18.0 Å². The van der Waals surface area contributed by atoms with Crippen molar-refractivity contribution in [3.8, 4) is 11.5 Å². The van der Waals surface area contributed by atoms with Crippen molar-refractivity contribution < 1.29 is 23.8 Å². The number of aromatic nitrogens is 1. The van der Waals surface area contributed by atoms with Crippen LogP contribution in [0.5, 0.6) is 11.5 Å². The quantitative estimate of drug-likeness (QED) is 0.864. The van der Waals surface area contributed by atoms with Crippen molar-refractivity contribution in [2.75, 3.05) is 18.5 Å². The van der Waals surface area contributed by atoms with Crippen LogP contribution in [0.4, 0.5) is 5.69 Å². The Bertz CT molecular complexity index is 748. The molecule has 1 atom stereocenters. The molecule has 1 N–H and O–H groups in total. The van der Waals surface area contributed by atoms with Gasteiger partial charge in [0.15, 0.2) is 17.6 Å². The van der Waals surface area contributed by atoms with Crippen LogP contribution in [-0.2, 0) is 9.53 Å². The normalized spacial score (nSPS) is 13.7. The van der Waals surface area contributed by atoms with Gasteiger partial charge in [0.25, 0.3) is 5.91 Å². The maximum atomic E-state index is 12.2. The summed E-state index contributed by atoms with van der Waals surface area (Å²) in [5, 5.41) is 2.68. The number of ether oxygens (including phenoxy) is 3. The predicted molar refractivity (Wildman–Crippen MR) is 85.2 cm³/mol. The molecule has 0 unspecified atom stereocenters. The topological polar surface area (TPSA) is 86.8 Å². The fraction of sp³-hybridized carbons (Fsp3) is 0.235. The van der Waals surface area contributed by atoms with Crippen molar-refractivity contribution in [3.05, 3.63) is 48.3 Å². The van der Waals surface area contributed by atoms with Crippen LogP contribution in [0.15, 0.2) is 42.7 Å². The Kier molecular flexibility index (Phi) is 4.60. The first kappa shape index (κ1) is 15.8. The minimum Gasteiger partial charge on any atom is -0.486 e. The number of nitrogens with one attached hydrogen (secondary N) is 1. The van der Waals surface area contributed by atoms with Gasteiger partial charge in [-0.3, -0.25) is 9.78 Å². The highest BCUT2D eigenvalue weighted by molar-refractivity contribution is 5.97. The molecule has 1 amide bonds. The highest BCUT2D eigenvalue weighted by Crippen LogP contribution is 2.32. The molecule has 1 aromatic carbocycles. The number of hydrogen-bond donors (Lipinski definition) is 1. The molecular weight excluding hydrogens is 312 g/mol. The van der Waals surface area contributed by atoms with E-state index in [-0.39, 0.29) is 0 Å². The van der Waals surface area contributed by atoms with Crippen LogP contribution in [0.3, 0.4) is 0 Å². The Hall–Kier alpha value is -3.09. The second-order valence-corrected chi connectivity index (χ2v) is 5.13. The van der Waals surface area contributed by atoms with Crippen LogP contribution in [0.1, 0.15) is 17.3 Å². The van der Waals surface area contributed by atoms with Crippen molar-refractivity contribution in [1.29, 1.82) is 0 Å². The summed E-state index contributed by atoms with van der Waals surface area (Å²) < 4.78 is 16.0. The molecule has 0 saturated carbocycles. The molecule has 0 bridgehead atoms. The molecule has 0 saturated heterocycles. The van der Waals surface area contributed by atoms with E-state index in [1.54, 1.807) is 18.2 Å². The summed E-state index contributed by atoms with van der Waals surface area (Å²) >= 11 is 0. The van der Waals surface area contributed by atoms with Gasteiger partial charge in [-0.25, -0.2) is 4.79 Å². The average Bonchev–Trinajstić information content (AvgIpc) is 2.62. The second kappa shape index (κ2) is 6.99. The van der Waals surface area contributed by atoms with E-state index in [1.807, 2.05) is 0 Å². The van der Waals surface area contributed by atoms with Gasteiger partial charge < -0.3 is 19.5 Å². The van der Waals surface area contributed by atoms with Gasteiger partial charge in [0.05, 0.1) is 5.56 Å². The third-order valence-corrected chi connectivity index (χ3v) is 3.38. The van der Waals surface area contributed by atoms with Crippen LogP contribution in [-0.4, -0.2) is 36.2 Å². The lowest BCUT2D eigenvalue weighted by atomic mass is 10.2. The molecule has 2 aromatic rings. The lowest BCUT2D eigenvalue weighted by Gasteiger charge is -2.19. The lowest BCUT2D eigenvalue weighted by molar-refractivity contribution is -0.123. The number of rotatable bonds is 4. The number of pyridine rings is 1. The number of anilines is 1. The number of esters is 1. The van der Waals surface area contributed by atoms with Gasteiger partial charge in [0, 0.05) is 24.1 Å². The average molecular weight is 328 g/mol. The minimum atomic E-state index is -0.945. The summed E-state index contributed by atoms with van der Waals surface area (Å²) in [4.78, 5) is 27.9. The predicted octanol–water partition coefficient (Wildman–Crippen LogP) is 2.04. The van der Waals surface area contributed by atoms with Crippen LogP contribution in [0, 0.1) is 0 Å². The maximum absolute atomic E-state index is 12.2. The van der Waals surface area contributed by atoms with Gasteiger partial charge in [-0.15, -0.1) is 0 Å². The van der Waals surface area contributed by atoms with Crippen molar-refractivity contribution in [2.45, 2.75) is 13.0 Å². The molecule has 7 nitrogen and oxygen atoms in total. The van der Waals surface area contributed by atoms with Crippen LogP contribution < -0.4 is 14.8 Å². The number of carbonyl (C=O) groups is 2. The van der Waals surface area contributed by atoms with Crippen LogP contribution in [0.2, 0.25) is 0 Å². The maximum Gasteiger partial charge on any atom is 0.339 e. The lowest BCUT2D eigenvalue weighted by Crippen LogP contribution is -2.30. The first-order valence-corrected chi connectivity index (χ1v) is 7.45. The SMILES string of the molecule is C[C@H](OC(=O)c1ccncc1)C(=O)Nc1ccc2c(c1)OCCO2. The van der Waals surface area contributed by atoms with Crippen molar-refractivity contribution in [1.82, 2.24) is 4.98 Å². The molecule has 24 heavy (non-hydrogen) atoms. The molecule has 0 fully saturated rings. The molecule has 0 radical (unpaired) electrons. The fourth-order valence-electron chi connectivity index (χ4n) is 2.14.